The minimum atomic E-state index is -0.310. The summed E-state index contributed by atoms with van der Waals surface area (Å²) in [7, 11) is 0. The number of benzene rings is 2. The van der Waals surface area contributed by atoms with E-state index in [4.69, 9.17) is 5.73 Å². The maximum absolute atomic E-state index is 12.3. The SMILES string of the molecule is NC1(CC(=O)Nc2ccc(Br)c3ccccc23)CCCC1. The number of fused-ring (bicyclic) bond motifs is 1. The first-order chi connectivity index (χ1) is 10.1. The molecule has 0 saturated heterocycles. The first kappa shape index (κ1) is 14.5. The highest BCUT2D eigenvalue weighted by Gasteiger charge is 2.31. The van der Waals surface area contributed by atoms with Crippen LogP contribution in [0.25, 0.3) is 10.8 Å². The van der Waals surface area contributed by atoms with Crippen molar-refractivity contribution in [1.82, 2.24) is 0 Å². The van der Waals surface area contributed by atoms with Gasteiger partial charge >= 0.3 is 0 Å². The lowest BCUT2D eigenvalue weighted by Gasteiger charge is -2.22. The Morgan fingerprint density at radius 2 is 1.81 bits per heavy atom. The van der Waals surface area contributed by atoms with E-state index in [2.05, 4.69) is 21.2 Å². The molecule has 0 heterocycles. The smallest absolute Gasteiger partial charge is 0.226 e. The van der Waals surface area contributed by atoms with E-state index in [1.54, 1.807) is 0 Å². The predicted molar refractivity (Wildman–Crippen MR) is 90.3 cm³/mol. The van der Waals surface area contributed by atoms with E-state index in [-0.39, 0.29) is 11.4 Å². The fraction of sp³-hybridized carbons (Fsp3) is 0.353. The standard InChI is InChI=1S/C17H19BrN2O/c18-14-7-8-15(13-6-2-1-5-12(13)14)20-16(21)11-17(19)9-3-4-10-17/h1-2,5-8H,3-4,9-11,19H2,(H,20,21). The van der Waals surface area contributed by atoms with E-state index in [1.807, 2.05) is 36.4 Å². The molecule has 4 heteroatoms. The summed E-state index contributed by atoms with van der Waals surface area (Å²) in [4.78, 5) is 12.3. The number of nitrogens with one attached hydrogen (secondary N) is 1. The lowest BCUT2D eigenvalue weighted by atomic mass is 9.94. The molecule has 0 unspecified atom stereocenters. The molecule has 3 nitrogen and oxygen atoms in total. The van der Waals surface area contributed by atoms with Gasteiger partial charge in [0.05, 0.1) is 0 Å². The molecule has 0 aromatic heterocycles. The lowest BCUT2D eigenvalue weighted by Crippen LogP contribution is -2.40. The molecule has 0 spiro atoms. The van der Waals surface area contributed by atoms with E-state index in [0.29, 0.717) is 6.42 Å². The van der Waals surface area contributed by atoms with Gasteiger partial charge in [-0.1, -0.05) is 53.0 Å². The maximum atomic E-state index is 12.3. The van der Waals surface area contributed by atoms with E-state index in [0.717, 1.165) is 46.6 Å². The van der Waals surface area contributed by atoms with Crippen LogP contribution < -0.4 is 11.1 Å². The van der Waals surface area contributed by atoms with E-state index < -0.39 is 0 Å². The number of amides is 1. The third-order valence-electron chi connectivity index (χ3n) is 4.26. The van der Waals surface area contributed by atoms with Crippen LogP contribution in [0.1, 0.15) is 32.1 Å². The molecule has 2 aromatic carbocycles. The Morgan fingerprint density at radius 3 is 2.52 bits per heavy atom. The number of carbonyl (C=O) groups is 1. The molecule has 1 saturated carbocycles. The highest BCUT2D eigenvalue weighted by atomic mass is 79.9. The van der Waals surface area contributed by atoms with Crippen molar-refractivity contribution in [2.24, 2.45) is 5.73 Å². The minimum Gasteiger partial charge on any atom is -0.325 e. The molecule has 0 bridgehead atoms. The van der Waals surface area contributed by atoms with Crippen LogP contribution in [0.15, 0.2) is 40.9 Å². The van der Waals surface area contributed by atoms with Crippen LogP contribution in [0.4, 0.5) is 5.69 Å². The predicted octanol–water partition coefficient (Wildman–Crippen LogP) is 4.20. The van der Waals surface area contributed by atoms with Gasteiger partial charge in [0, 0.05) is 27.5 Å². The van der Waals surface area contributed by atoms with Gasteiger partial charge in [0.1, 0.15) is 0 Å². The van der Waals surface area contributed by atoms with Crippen LogP contribution in [0, 0.1) is 0 Å². The summed E-state index contributed by atoms with van der Waals surface area (Å²) in [6.45, 7) is 0. The fourth-order valence-electron chi connectivity index (χ4n) is 3.14. The van der Waals surface area contributed by atoms with Gasteiger partial charge in [0.15, 0.2) is 0 Å². The Morgan fingerprint density at radius 1 is 1.14 bits per heavy atom. The summed E-state index contributed by atoms with van der Waals surface area (Å²) >= 11 is 3.54. The van der Waals surface area contributed by atoms with Crippen LogP contribution in [0.5, 0.6) is 0 Å². The number of hydrogen-bond acceptors (Lipinski definition) is 2. The maximum Gasteiger partial charge on any atom is 0.226 e. The van der Waals surface area contributed by atoms with Gasteiger partial charge in [0.2, 0.25) is 5.91 Å². The number of rotatable bonds is 3. The Kier molecular flexibility index (Phi) is 4.00. The normalized spacial score (nSPS) is 17.0. The summed E-state index contributed by atoms with van der Waals surface area (Å²) in [5.41, 5.74) is 6.82. The third kappa shape index (κ3) is 3.11. The van der Waals surface area contributed by atoms with Crippen LogP contribution >= 0.6 is 15.9 Å². The zero-order valence-corrected chi connectivity index (χ0v) is 13.4. The molecule has 0 atom stereocenters. The Balaban J connectivity index is 1.82. The number of nitrogens with two attached hydrogens (primary N) is 1. The average Bonchev–Trinajstić information content (AvgIpc) is 2.88. The van der Waals surface area contributed by atoms with Gasteiger partial charge in [-0.05, 0) is 30.4 Å². The number of carbonyl (C=O) groups excluding carboxylic acids is 1. The van der Waals surface area contributed by atoms with Crippen molar-refractivity contribution in [3.63, 3.8) is 0 Å². The molecule has 3 rings (SSSR count). The summed E-state index contributed by atoms with van der Waals surface area (Å²) in [6, 6.07) is 11.9. The highest BCUT2D eigenvalue weighted by Crippen LogP contribution is 2.32. The molecule has 3 N–H and O–H groups in total. The van der Waals surface area contributed by atoms with Crippen molar-refractivity contribution >= 4 is 38.3 Å². The number of anilines is 1. The van der Waals surface area contributed by atoms with Crippen molar-refractivity contribution < 1.29 is 4.79 Å². The molecule has 1 aliphatic carbocycles. The summed E-state index contributed by atoms with van der Waals surface area (Å²) < 4.78 is 1.03. The molecule has 1 aliphatic rings. The zero-order chi connectivity index (χ0) is 14.9. The zero-order valence-electron chi connectivity index (χ0n) is 11.9. The molecule has 110 valence electrons. The monoisotopic (exact) mass is 346 g/mol. The second-order valence-corrected chi connectivity index (χ2v) is 6.79. The van der Waals surface area contributed by atoms with Crippen molar-refractivity contribution in [2.75, 3.05) is 5.32 Å². The topological polar surface area (TPSA) is 55.1 Å². The quantitative estimate of drug-likeness (QED) is 0.874. The first-order valence-electron chi connectivity index (χ1n) is 7.33. The average molecular weight is 347 g/mol. The number of halogens is 1. The van der Waals surface area contributed by atoms with Gasteiger partial charge in [-0.3, -0.25) is 4.79 Å². The lowest BCUT2D eigenvalue weighted by molar-refractivity contribution is -0.117. The van der Waals surface area contributed by atoms with E-state index >= 15 is 0 Å². The second kappa shape index (κ2) is 5.78. The van der Waals surface area contributed by atoms with Gasteiger partial charge in [-0.25, -0.2) is 0 Å². The van der Waals surface area contributed by atoms with Gasteiger partial charge in [-0.2, -0.15) is 0 Å². The van der Waals surface area contributed by atoms with E-state index in [9.17, 15) is 4.79 Å². The van der Waals surface area contributed by atoms with Crippen LogP contribution in [0.3, 0.4) is 0 Å². The molecule has 21 heavy (non-hydrogen) atoms. The fourth-order valence-corrected chi connectivity index (χ4v) is 3.62. The molecule has 1 amide bonds. The molecule has 0 aliphatic heterocycles. The second-order valence-electron chi connectivity index (χ2n) is 5.93. The molecule has 2 aromatic rings. The van der Waals surface area contributed by atoms with Crippen LogP contribution in [-0.2, 0) is 4.79 Å². The molecular weight excluding hydrogens is 328 g/mol. The molecule has 0 radical (unpaired) electrons. The third-order valence-corrected chi connectivity index (χ3v) is 4.95. The summed E-state index contributed by atoms with van der Waals surface area (Å²) in [5.74, 6) is 0.00637. The van der Waals surface area contributed by atoms with Crippen LogP contribution in [0.2, 0.25) is 0 Å². The van der Waals surface area contributed by atoms with Crippen molar-refractivity contribution in [3.05, 3.63) is 40.9 Å². The Bertz CT molecular complexity index is 678. The van der Waals surface area contributed by atoms with Gasteiger partial charge in [-0.15, -0.1) is 0 Å². The Hall–Kier alpha value is -1.39. The van der Waals surface area contributed by atoms with Gasteiger partial charge < -0.3 is 11.1 Å². The largest absolute Gasteiger partial charge is 0.325 e. The van der Waals surface area contributed by atoms with Crippen molar-refractivity contribution in [1.29, 1.82) is 0 Å². The highest BCUT2D eigenvalue weighted by molar-refractivity contribution is 9.10. The number of hydrogen-bond donors (Lipinski definition) is 2. The summed E-state index contributed by atoms with van der Waals surface area (Å²) in [6.07, 6.45) is 4.55. The van der Waals surface area contributed by atoms with Crippen molar-refractivity contribution in [2.45, 2.75) is 37.6 Å². The molecular formula is C17H19BrN2O. The van der Waals surface area contributed by atoms with Gasteiger partial charge in [0.25, 0.3) is 0 Å². The Labute approximate surface area is 133 Å². The first-order valence-corrected chi connectivity index (χ1v) is 8.13. The van der Waals surface area contributed by atoms with E-state index in [1.165, 1.54) is 0 Å². The van der Waals surface area contributed by atoms with Crippen LogP contribution in [-0.4, -0.2) is 11.4 Å². The minimum absolute atomic E-state index is 0.00637. The van der Waals surface area contributed by atoms with Crippen molar-refractivity contribution in [3.8, 4) is 0 Å². The molecule has 1 fully saturated rings. The summed E-state index contributed by atoms with van der Waals surface area (Å²) in [5, 5.41) is 5.16.